The van der Waals surface area contributed by atoms with E-state index in [9.17, 15) is 4.79 Å². The zero-order valence-corrected chi connectivity index (χ0v) is 12.4. The summed E-state index contributed by atoms with van der Waals surface area (Å²) in [6.07, 6.45) is 3.57. The number of fused-ring (bicyclic) bond motifs is 5. The first-order valence-corrected chi connectivity index (χ1v) is 7.93. The van der Waals surface area contributed by atoms with Crippen LogP contribution in [-0.4, -0.2) is 36.1 Å². The lowest BCUT2D eigenvalue weighted by atomic mass is 9.82. The fourth-order valence-electron chi connectivity index (χ4n) is 4.39. The summed E-state index contributed by atoms with van der Waals surface area (Å²) in [5.74, 6) is 1.49. The van der Waals surface area contributed by atoms with Crippen LogP contribution in [0.15, 0.2) is 24.3 Å². The zero-order chi connectivity index (χ0) is 14.4. The highest BCUT2D eigenvalue weighted by atomic mass is 16.5. The number of likely N-dealkylation sites (tertiary alicyclic amines) is 1. The molecule has 0 aromatic heterocycles. The SMILES string of the molecule is CC(=O)Nc1cccc(CN2CC3C4CCC(O4)C3C2)c1. The van der Waals surface area contributed by atoms with Crippen molar-refractivity contribution in [2.75, 3.05) is 18.4 Å². The minimum atomic E-state index is -0.0171. The number of benzene rings is 1. The summed E-state index contributed by atoms with van der Waals surface area (Å²) in [6.45, 7) is 4.84. The molecule has 0 saturated carbocycles. The van der Waals surface area contributed by atoms with Gasteiger partial charge in [0.25, 0.3) is 0 Å². The van der Waals surface area contributed by atoms with Crippen molar-refractivity contribution in [3.05, 3.63) is 29.8 Å². The van der Waals surface area contributed by atoms with Gasteiger partial charge in [-0.1, -0.05) is 12.1 Å². The van der Waals surface area contributed by atoms with Crippen molar-refractivity contribution in [2.45, 2.75) is 38.5 Å². The number of anilines is 1. The molecule has 0 aliphatic carbocycles. The highest BCUT2D eigenvalue weighted by Crippen LogP contribution is 2.47. The van der Waals surface area contributed by atoms with E-state index < -0.39 is 0 Å². The van der Waals surface area contributed by atoms with E-state index in [1.807, 2.05) is 12.1 Å². The maximum atomic E-state index is 11.1. The van der Waals surface area contributed by atoms with Crippen LogP contribution >= 0.6 is 0 Å². The summed E-state index contributed by atoms with van der Waals surface area (Å²) < 4.78 is 6.03. The average Bonchev–Trinajstić information content (AvgIpc) is 3.09. The van der Waals surface area contributed by atoms with Gasteiger partial charge in [0, 0.05) is 44.1 Å². The molecular formula is C17H22N2O2. The molecule has 112 valence electrons. The van der Waals surface area contributed by atoms with E-state index in [1.54, 1.807) is 6.92 Å². The van der Waals surface area contributed by atoms with Crippen LogP contribution in [0.5, 0.6) is 0 Å². The van der Waals surface area contributed by atoms with Crippen LogP contribution in [0, 0.1) is 11.8 Å². The molecular weight excluding hydrogens is 264 g/mol. The second-order valence-corrected chi connectivity index (χ2v) is 6.69. The van der Waals surface area contributed by atoms with Gasteiger partial charge in [-0.05, 0) is 30.5 Å². The molecule has 21 heavy (non-hydrogen) atoms. The van der Waals surface area contributed by atoms with Crippen LogP contribution in [0.25, 0.3) is 0 Å². The lowest BCUT2D eigenvalue weighted by Crippen LogP contribution is -2.24. The van der Waals surface area contributed by atoms with Crippen molar-refractivity contribution in [2.24, 2.45) is 11.8 Å². The number of rotatable bonds is 3. The number of hydrogen-bond donors (Lipinski definition) is 1. The van der Waals surface area contributed by atoms with Gasteiger partial charge < -0.3 is 10.1 Å². The molecule has 3 saturated heterocycles. The molecule has 4 unspecified atom stereocenters. The highest BCUT2D eigenvalue weighted by Gasteiger charge is 2.52. The summed E-state index contributed by atoms with van der Waals surface area (Å²) >= 11 is 0. The second kappa shape index (κ2) is 5.11. The predicted molar refractivity (Wildman–Crippen MR) is 80.9 cm³/mol. The molecule has 4 atom stereocenters. The van der Waals surface area contributed by atoms with Gasteiger partial charge in [0.05, 0.1) is 12.2 Å². The molecule has 1 amide bonds. The highest BCUT2D eigenvalue weighted by molar-refractivity contribution is 5.88. The fraction of sp³-hybridized carbons (Fsp3) is 0.588. The van der Waals surface area contributed by atoms with Crippen molar-refractivity contribution in [1.82, 2.24) is 4.90 Å². The maximum absolute atomic E-state index is 11.1. The quantitative estimate of drug-likeness (QED) is 0.926. The molecule has 3 heterocycles. The monoisotopic (exact) mass is 286 g/mol. The third kappa shape index (κ3) is 2.47. The molecule has 1 aromatic carbocycles. The summed E-state index contributed by atoms with van der Waals surface area (Å²) in [6, 6.07) is 8.19. The molecule has 0 radical (unpaired) electrons. The molecule has 4 rings (SSSR count). The number of nitrogens with zero attached hydrogens (tertiary/aromatic N) is 1. The minimum absolute atomic E-state index is 0.0171. The molecule has 1 aromatic rings. The van der Waals surface area contributed by atoms with E-state index in [0.29, 0.717) is 12.2 Å². The van der Waals surface area contributed by atoms with Gasteiger partial charge in [-0.2, -0.15) is 0 Å². The molecule has 1 N–H and O–H groups in total. The van der Waals surface area contributed by atoms with Gasteiger partial charge >= 0.3 is 0 Å². The number of ether oxygens (including phenoxy) is 1. The maximum Gasteiger partial charge on any atom is 0.221 e. The van der Waals surface area contributed by atoms with Gasteiger partial charge in [-0.25, -0.2) is 0 Å². The Morgan fingerprint density at radius 1 is 1.29 bits per heavy atom. The van der Waals surface area contributed by atoms with Gasteiger partial charge in [-0.15, -0.1) is 0 Å². The number of amides is 1. The van der Waals surface area contributed by atoms with Crippen molar-refractivity contribution in [3.63, 3.8) is 0 Å². The molecule has 3 aliphatic heterocycles. The Hall–Kier alpha value is -1.39. The average molecular weight is 286 g/mol. The second-order valence-electron chi connectivity index (χ2n) is 6.69. The summed E-state index contributed by atoms with van der Waals surface area (Å²) in [4.78, 5) is 13.7. The Morgan fingerprint density at radius 3 is 2.67 bits per heavy atom. The third-order valence-corrected chi connectivity index (χ3v) is 5.18. The number of hydrogen-bond acceptors (Lipinski definition) is 3. The Bertz CT molecular complexity index is 541. The van der Waals surface area contributed by atoms with Crippen LogP contribution < -0.4 is 5.32 Å². The molecule has 4 nitrogen and oxygen atoms in total. The van der Waals surface area contributed by atoms with Crippen LogP contribution in [0.3, 0.4) is 0 Å². The Kier molecular flexibility index (Phi) is 3.23. The largest absolute Gasteiger partial charge is 0.374 e. The lowest BCUT2D eigenvalue weighted by Gasteiger charge is -2.18. The molecule has 2 bridgehead atoms. The van der Waals surface area contributed by atoms with Crippen molar-refractivity contribution in [1.29, 1.82) is 0 Å². The van der Waals surface area contributed by atoms with Gasteiger partial charge in [0.15, 0.2) is 0 Å². The van der Waals surface area contributed by atoms with Gasteiger partial charge in [-0.3, -0.25) is 9.69 Å². The molecule has 4 heteroatoms. The zero-order valence-electron chi connectivity index (χ0n) is 12.4. The summed E-state index contributed by atoms with van der Waals surface area (Å²) in [7, 11) is 0. The molecule has 3 fully saturated rings. The number of carbonyl (C=O) groups is 1. The van der Waals surface area contributed by atoms with Crippen LogP contribution in [0.1, 0.15) is 25.3 Å². The fourth-order valence-corrected chi connectivity index (χ4v) is 4.39. The molecule has 3 aliphatic rings. The summed E-state index contributed by atoms with van der Waals surface area (Å²) in [5.41, 5.74) is 2.16. The van der Waals surface area contributed by atoms with E-state index in [4.69, 9.17) is 4.74 Å². The molecule has 0 spiro atoms. The Balaban J connectivity index is 1.42. The summed E-state index contributed by atoms with van der Waals surface area (Å²) in [5, 5.41) is 2.86. The van der Waals surface area contributed by atoms with Crippen molar-refractivity contribution in [3.8, 4) is 0 Å². The van der Waals surface area contributed by atoms with Crippen LogP contribution in [0.2, 0.25) is 0 Å². The van der Waals surface area contributed by atoms with Gasteiger partial charge in [0.1, 0.15) is 0 Å². The van der Waals surface area contributed by atoms with Crippen LogP contribution in [-0.2, 0) is 16.1 Å². The van der Waals surface area contributed by atoms with Crippen LogP contribution in [0.4, 0.5) is 5.69 Å². The Labute approximate surface area is 125 Å². The topological polar surface area (TPSA) is 41.6 Å². The van der Waals surface area contributed by atoms with E-state index >= 15 is 0 Å². The van der Waals surface area contributed by atoms with E-state index in [2.05, 4.69) is 22.3 Å². The number of nitrogens with one attached hydrogen (secondary N) is 1. The minimum Gasteiger partial charge on any atom is -0.374 e. The number of carbonyl (C=O) groups excluding carboxylic acids is 1. The first-order chi connectivity index (χ1) is 10.2. The van der Waals surface area contributed by atoms with Gasteiger partial charge in [0.2, 0.25) is 5.91 Å². The Morgan fingerprint density at radius 2 is 2.00 bits per heavy atom. The van der Waals surface area contributed by atoms with E-state index in [-0.39, 0.29) is 5.91 Å². The predicted octanol–water partition coefficient (Wildman–Crippen LogP) is 2.25. The lowest BCUT2D eigenvalue weighted by molar-refractivity contribution is -0.114. The third-order valence-electron chi connectivity index (χ3n) is 5.18. The van der Waals surface area contributed by atoms with E-state index in [0.717, 1.165) is 37.2 Å². The van der Waals surface area contributed by atoms with Crippen molar-refractivity contribution >= 4 is 11.6 Å². The first-order valence-electron chi connectivity index (χ1n) is 7.93. The normalized spacial score (nSPS) is 34.1. The van der Waals surface area contributed by atoms with E-state index in [1.165, 1.54) is 18.4 Å². The first kappa shape index (κ1) is 13.3. The smallest absolute Gasteiger partial charge is 0.221 e. The standard InChI is InChI=1S/C17H22N2O2/c1-11(20)18-13-4-2-3-12(7-13)8-19-9-14-15(10-19)17-6-5-16(14)21-17/h2-4,7,14-17H,5-6,8-10H2,1H3,(H,18,20). The van der Waals surface area contributed by atoms with Crippen molar-refractivity contribution < 1.29 is 9.53 Å².